The Kier molecular flexibility index (Phi) is 8.67. The van der Waals surface area contributed by atoms with Crippen LogP contribution in [0.2, 0.25) is 0 Å². The van der Waals surface area contributed by atoms with E-state index in [0.717, 1.165) is 12.0 Å². The van der Waals surface area contributed by atoms with E-state index in [0.29, 0.717) is 19.4 Å². The minimum atomic E-state index is -0.814. The fourth-order valence-electron chi connectivity index (χ4n) is 6.85. The van der Waals surface area contributed by atoms with Crippen molar-refractivity contribution < 1.29 is 24.2 Å². The third-order valence-corrected chi connectivity index (χ3v) is 10.6. The van der Waals surface area contributed by atoms with Crippen molar-refractivity contribution in [2.45, 2.75) is 74.6 Å². The zero-order valence-electron chi connectivity index (χ0n) is 23.5. The van der Waals surface area contributed by atoms with E-state index in [1.165, 1.54) is 0 Å². The Labute approximate surface area is 236 Å². The molecule has 7 nitrogen and oxygen atoms in total. The van der Waals surface area contributed by atoms with Gasteiger partial charge in [-0.2, -0.15) is 0 Å². The van der Waals surface area contributed by atoms with Gasteiger partial charge < -0.3 is 19.6 Å². The first kappa shape index (κ1) is 29.4. The molecule has 0 aromatic heterocycles. The third kappa shape index (κ3) is 5.06. The quantitative estimate of drug-likeness (QED) is 0.254. The highest BCUT2D eigenvalue weighted by Crippen LogP contribution is 2.69. The van der Waals surface area contributed by atoms with Gasteiger partial charge in [0.15, 0.2) is 0 Å². The molecule has 39 heavy (non-hydrogen) atoms. The van der Waals surface area contributed by atoms with Crippen LogP contribution in [-0.2, 0) is 25.5 Å². The molecule has 3 saturated heterocycles. The fraction of sp³-hybridized carbons (Fsp3) is 0.581. The smallest absolute Gasteiger partial charge is 0.310 e. The molecule has 3 aliphatic heterocycles. The summed E-state index contributed by atoms with van der Waals surface area (Å²) in [5.41, 5.74) is 0.449. The number of benzene rings is 1. The Morgan fingerprint density at radius 2 is 1.95 bits per heavy atom. The zero-order chi connectivity index (χ0) is 28.5. The molecule has 3 unspecified atom stereocenters. The van der Waals surface area contributed by atoms with E-state index in [2.05, 4.69) is 20.1 Å². The number of esters is 1. The van der Waals surface area contributed by atoms with Gasteiger partial charge in [0.05, 0.1) is 35.8 Å². The highest BCUT2D eigenvalue weighted by atomic mass is 32.2. The number of thioether (sulfide) groups is 1. The summed E-state index contributed by atoms with van der Waals surface area (Å²) in [5, 5.41) is 10.5. The maximum absolute atomic E-state index is 14.6. The predicted molar refractivity (Wildman–Crippen MR) is 154 cm³/mol. The standard InChI is InChI=1S/C31H42N2O5S/c1-7-9-16-38-29(37)24-23-17-20(3)31(39-23)25(24)27(35)33(22(19-34)18-21-13-11-10-12-14-21)26(31)28(36)32(15-8-2)30(4,5)6/h7-8,10-14,20,22-26,34H,1-2,9,15-19H2,3-6H3/t20?,22-,23+,24-,25+,26?,31?/m1/s1. The van der Waals surface area contributed by atoms with Gasteiger partial charge in [0.1, 0.15) is 6.04 Å². The van der Waals surface area contributed by atoms with Gasteiger partial charge in [-0.15, -0.1) is 24.9 Å². The van der Waals surface area contributed by atoms with E-state index in [1.807, 2.05) is 51.1 Å². The molecule has 3 heterocycles. The SMILES string of the molecule is C=CCCOC(=O)[C@@H]1[C@@H]2CC(C)C3(S2)C(C(=O)N(CC=C)C(C)(C)C)N([C@@H](CO)Cc2ccccc2)C(=O)[C@H]13. The molecule has 1 spiro atoms. The second-order valence-electron chi connectivity index (χ2n) is 12.0. The van der Waals surface area contributed by atoms with Crippen LogP contribution in [-0.4, -0.2) is 80.1 Å². The summed E-state index contributed by atoms with van der Waals surface area (Å²) < 4.78 is 4.83. The van der Waals surface area contributed by atoms with Crippen LogP contribution in [0.4, 0.5) is 0 Å². The summed E-state index contributed by atoms with van der Waals surface area (Å²) in [7, 11) is 0. The molecule has 3 fully saturated rings. The monoisotopic (exact) mass is 554 g/mol. The van der Waals surface area contributed by atoms with E-state index >= 15 is 0 Å². The van der Waals surface area contributed by atoms with Crippen molar-refractivity contribution in [1.29, 1.82) is 0 Å². The maximum Gasteiger partial charge on any atom is 0.310 e. The number of ether oxygens (including phenoxy) is 1. The predicted octanol–water partition coefficient (Wildman–Crippen LogP) is 3.86. The minimum Gasteiger partial charge on any atom is -0.465 e. The van der Waals surface area contributed by atoms with Gasteiger partial charge in [-0.3, -0.25) is 14.4 Å². The van der Waals surface area contributed by atoms with Gasteiger partial charge >= 0.3 is 5.97 Å². The lowest BCUT2D eigenvalue weighted by Gasteiger charge is -2.45. The molecule has 1 aromatic carbocycles. The lowest BCUT2D eigenvalue weighted by molar-refractivity contribution is -0.155. The van der Waals surface area contributed by atoms with Gasteiger partial charge in [-0.25, -0.2) is 0 Å². The van der Waals surface area contributed by atoms with E-state index in [-0.39, 0.29) is 42.2 Å². The molecule has 212 valence electrons. The summed E-state index contributed by atoms with van der Waals surface area (Å²) in [6.07, 6.45) is 5.07. The van der Waals surface area contributed by atoms with E-state index in [1.54, 1.807) is 33.7 Å². The second-order valence-corrected chi connectivity index (χ2v) is 13.5. The molecule has 3 aliphatic rings. The highest BCUT2D eigenvalue weighted by Gasteiger charge is 2.77. The number of carbonyl (C=O) groups excluding carboxylic acids is 3. The molecule has 2 amide bonds. The first-order chi connectivity index (χ1) is 18.5. The lowest BCUT2D eigenvalue weighted by Crippen LogP contribution is -2.62. The number of rotatable bonds is 11. The average Bonchev–Trinajstić information content (AvgIpc) is 3.49. The van der Waals surface area contributed by atoms with Crippen LogP contribution in [0.15, 0.2) is 55.6 Å². The number of aliphatic hydroxyl groups excluding tert-OH is 1. The van der Waals surface area contributed by atoms with Gasteiger partial charge in [0, 0.05) is 17.3 Å². The van der Waals surface area contributed by atoms with Crippen molar-refractivity contribution in [3.63, 3.8) is 0 Å². The van der Waals surface area contributed by atoms with Crippen molar-refractivity contribution in [1.82, 2.24) is 9.80 Å². The number of amides is 2. The number of nitrogens with zero attached hydrogens (tertiary/aromatic N) is 2. The normalized spacial score (nSPS) is 30.1. The van der Waals surface area contributed by atoms with Crippen LogP contribution < -0.4 is 0 Å². The molecule has 7 atom stereocenters. The van der Waals surface area contributed by atoms with E-state index < -0.39 is 34.2 Å². The van der Waals surface area contributed by atoms with Crippen molar-refractivity contribution in [2.24, 2.45) is 17.8 Å². The number of hydrogen-bond acceptors (Lipinski definition) is 6. The number of aliphatic hydroxyl groups is 1. The van der Waals surface area contributed by atoms with Crippen LogP contribution in [0.25, 0.3) is 0 Å². The van der Waals surface area contributed by atoms with Crippen LogP contribution in [0.5, 0.6) is 0 Å². The van der Waals surface area contributed by atoms with Gasteiger partial charge in [0.25, 0.3) is 0 Å². The van der Waals surface area contributed by atoms with E-state index in [4.69, 9.17) is 4.74 Å². The van der Waals surface area contributed by atoms with Crippen LogP contribution in [0, 0.1) is 17.8 Å². The average molecular weight is 555 g/mol. The Morgan fingerprint density at radius 1 is 1.26 bits per heavy atom. The zero-order valence-corrected chi connectivity index (χ0v) is 24.4. The van der Waals surface area contributed by atoms with Gasteiger partial charge in [-0.1, -0.05) is 49.4 Å². The van der Waals surface area contributed by atoms with Crippen molar-refractivity contribution in [2.75, 3.05) is 19.8 Å². The Hall–Kier alpha value is -2.58. The third-order valence-electron chi connectivity index (χ3n) is 8.56. The highest BCUT2D eigenvalue weighted by molar-refractivity contribution is 8.02. The minimum absolute atomic E-state index is 0.0271. The topological polar surface area (TPSA) is 87.2 Å². The maximum atomic E-state index is 14.6. The number of fused-ring (bicyclic) bond motifs is 1. The van der Waals surface area contributed by atoms with Crippen molar-refractivity contribution in [3.05, 3.63) is 61.2 Å². The Morgan fingerprint density at radius 3 is 2.54 bits per heavy atom. The van der Waals surface area contributed by atoms with Crippen molar-refractivity contribution >= 4 is 29.5 Å². The summed E-state index contributed by atoms with van der Waals surface area (Å²) >= 11 is 1.62. The van der Waals surface area contributed by atoms with Crippen LogP contribution in [0.3, 0.4) is 0 Å². The first-order valence-corrected chi connectivity index (χ1v) is 14.8. The second kappa shape index (κ2) is 11.5. The molecular formula is C31H42N2O5S. The molecule has 2 bridgehead atoms. The summed E-state index contributed by atoms with van der Waals surface area (Å²) in [6, 6.07) is 8.26. The molecule has 1 N–H and O–H groups in total. The Balaban J connectivity index is 1.81. The fourth-order valence-corrected chi connectivity index (χ4v) is 9.24. The lowest BCUT2D eigenvalue weighted by atomic mass is 9.66. The largest absolute Gasteiger partial charge is 0.465 e. The molecule has 1 aromatic rings. The molecule has 0 aliphatic carbocycles. The molecular weight excluding hydrogens is 512 g/mol. The van der Waals surface area contributed by atoms with E-state index in [9.17, 15) is 19.5 Å². The number of hydrogen-bond donors (Lipinski definition) is 1. The summed E-state index contributed by atoms with van der Waals surface area (Å²) in [6.45, 7) is 15.8. The Bertz CT molecular complexity index is 1100. The molecule has 0 radical (unpaired) electrons. The molecule has 4 rings (SSSR count). The van der Waals surface area contributed by atoms with Crippen LogP contribution >= 0.6 is 11.8 Å². The molecule has 8 heteroatoms. The summed E-state index contributed by atoms with van der Waals surface area (Å²) in [5.74, 6) is -2.05. The van der Waals surface area contributed by atoms with Crippen LogP contribution in [0.1, 0.15) is 46.1 Å². The van der Waals surface area contributed by atoms with Gasteiger partial charge in [-0.05, 0) is 51.5 Å². The number of likely N-dealkylation sites (tertiary alicyclic amines) is 1. The molecule has 0 saturated carbocycles. The van der Waals surface area contributed by atoms with Crippen molar-refractivity contribution in [3.8, 4) is 0 Å². The van der Waals surface area contributed by atoms with Gasteiger partial charge in [0.2, 0.25) is 11.8 Å². The first-order valence-electron chi connectivity index (χ1n) is 13.9. The summed E-state index contributed by atoms with van der Waals surface area (Å²) in [4.78, 5) is 45.9. The number of carbonyl (C=O) groups is 3.